The monoisotopic (exact) mass is 224 g/mol. The van der Waals surface area contributed by atoms with Crippen LogP contribution < -0.4 is 0 Å². The maximum absolute atomic E-state index is 11.3. The Morgan fingerprint density at radius 2 is 2.00 bits per heavy atom. The summed E-state index contributed by atoms with van der Waals surface area (Å²) in [7, 11) is 0. The van der Waals surface area contributed by atoms with E-state index < -0.39 is 0 Å². The molecule has 0 radical (unpaired) electrons. The summed E-state index contributed by atoms with van der Waals surface area (Å²) in [6, 6.07) is 10.2. The highest BCUT2D eigenvalue weighted by molar-refractivity contribution is 5.93. The van der Waals surface area contributed by atoms with E-state index in [0.717, 1.165) is 16.6 Å². The zero-order valence-electron chi connectivity index (χ0n) is 9.77. The Balaban J connectivity index is 2.45. The normalized spacial score (nSPS) is 11.2. The average Bonchev–Trinajstić information content (AvgIpc) is 2.73. The number of benzene rings is 1. The summed E-state index contributed by atoms with van der Waals surface area (Å²) in [6.45, 7) is 3.59. The Morgan fingerprint density at radius 1 is 1.24 bits per heavy atom. The van der Waals surface area contributed by atoms with Crippen molar-refractivity contribution in [3.8, 4) is 0 Å². The van der Waals surface area contributed by atoms with E-state index in [1.54, 1.807) is 6.20 Å². The molecule has 0 fully saturated rings. The second-order valence-electron chi connectivity index (χ2n) is 4.31. The van der Waals surface area contributed by atoms with Crippen molar-refractivity contribution in [3.63, 3.8) is 0 Å². The molecule has 0 spiro atoms. The van der Waals surface area contributed by atoms with Crippen LogP contribution in [0.2, 0.25) is 0 Å². The lowest BCUT2D eigenvalue weighted by Crippen LogP contribution is -1.90. The molecule has 2 aromatic heterocycles. The number of Topliss-reactive ketones (excluding diaryl/α,β-unsaturated/α-hetero) is 1. The fourth-order valence-electron chi connectivity index (χ4n) is 2.04. The van der Waals surface area contributed by atoms with Gasteiger partial charge in [-0.2, -0.15) is 0 Å². The van der Waals surface area contributed by atoms with Crippen molar-refractivity contribution in [1.82, 2.24) is 9.38 Å². The molecular weight excluding hydrogens is 212 g/mol. The third kappa shape index (κ3) is 1.51. The van der Waals surface area contributed by atoms with E-state index in [4.69, 9.17) is 0 Å². The van der Waals surface area contributed by atoms with E-state index in [1.807, 2.05) is 16.5 Å². The number of carbonyl (C=O) groups is 1. The van der Waals surface area contributed by atoms with E-state index in [9.17, 15) is 4.79 Å². The average molecular weight is 224 g/mol. The summed E-state index contributed by atoms with van der Waals surface area (Å²) in [6.07, 6.45) is 1.80. The maximum Gasteiger partial charge on any atom is 0.179 e. The fourth-order valence-corrected chi connectivity index (χ4v) is 2.04. The van der Waals surface area contributed by atoms with Gasteiger partial charge in [-0.1, -0.05) is 12.1 Å². The highest BCUT2D eigenvalue weighted by Crippen LogP contribution is 2.19. The lowest BCUT2D eigenvalue weighted by Gasteiger charge is -2.02. The SMILES string of the molecule is CC(=O)c1cn2c(ccc3ccc(C)cc32)n1. The van der Waals surface area contributed by atoms with E-state index in [1.165, 1.54) is 12.5 Å². The van der Waals surface area contributed by atoms with Crippen LogP contribution in [0.4, 0.5) is 0 Å². The Morgan fingerprint density at radius 3 is 2.76 bits per heavy atom. The van der Waals surface area contributed by atoms with Gasteiger partial charge in [0, 0.05) is 13.1 Å². The molecular formula is C14H12N2O. The van der Waals surface area contributed by atoms with Crippen LogP contribution in [0.3, 0.4) is 0 Å². The first-order valence-corrected chi connectivity index (χ1v) is 5.54. The van der Waals surface area contributed by atoms with Crippen molar-refractivity contribution in [2.75, 3.05) is 0 Å². The minimum absolute atomic E-state index is 0.00509. The molecule has 0 N–H and O–H groups in total. The van der Waals surface area contributed by atoms with Gasteiger partial charge in [-0.3, -0.25) is 9.20 Å². The first-order valence-electron chi connectivity index (χ1n) is 5.54. The first kappa shape index (κ1) is 10.0. The number of nitrogens with zero attached hydrogens (tertiary/aromatic N) is 2. The first-order chi connectivity index (χ1) is 8.15. The van der Waals surface area contributed by atoms with Gasteiger partial charge in [0.25, 0.3) is 0 Å². The minimum Gasteiger partial charge on any atom is -0.299 e. The highest BCUT2D eigenvalue weighted by atomic mass is 16.1. The van der Waals surface area contributed by atoms with Crippen molar-refractivity contribution in [3.05, 3.63) is 47.8 Å². The van der Waals surface area contributed by atoms with Crippen LogP contribution in [-0.4, -0.2) is 15.2 Å². The molecule has 0 atom stereocenters. The number of aryl methyl sites for hydroxylation is 1. The standard InChI is InChI=1S/C14H12N2O/c1-9-3-4-11-5-6-14-15-12(10(2)17)8-16(14)13(11)7-9/h3-8H,1-2H3. The van der Waals surface area contributed by atoms with Gasteiger partial charge in [0.2, 0.25) is 0 Å². The number of fused-ring (bicyclic) bond motifs is 3. The van der Waals surface area contributed by atoms with Gasteiger partial charge in [0.15, 0.2) is 5.78 Å². The van der Waals surface area contributed by atoms with Crippen molar-refractivity contribution in [1.29, 1.82) is 0 Å². The van der Waals surface area contributed by atoms with Gasteiger partial charge in [0.05, 0.1) is 5.52 Å². The number of imidazole rings is 1. The predicted octanol–water partition coefficient (Wildman–Crippen LogP) is 3.00. The van der Waals surface area contributed by atoms with Crippen LogP contribution in [0.15, 0.2) is 36.5 Å². The quantitative estimate of drug-likeness (QED) is 0.595. The lowest BCUT2D eigenvalue weighted by molar-refractivity contribution is 0.101. The van der Waals surface area contributed by atoms with Gasteiger partial charge in [0.1, 0.15) is 11.3 Å². The van der Waals surface area contributed by atoms with Crippen LogP contribution in [-0.2, 0) is 0 Å². The predicted molar refractivity (Wildman–Crippen MR) is 67.4 cm³/mol. The largest absolute Gasteiger partial charge is 0.299 e. The summed E-state index contributed by atoms with van der Waals surface area (Å²) >= 11 is 0. The summed E-state index contributed by atoms with van der Waals surface area (Å²) in [5.41, 5.74) is 3.61. The van der Waals surface area contributed by atoms with E-state index in [-0.39, 0.29) is 5.78 Å². The van der Waals surface area contributed by atoms with Gasteiger partial charge in [-0.15, -0.1) is 0 Å². The molecule has 0 aliphatic carbocycles. The molecule has 3 nitrogen and oxygen atoms in total. The molecule has 0 aliphatic heterocycles. The molecule has 0 bridgehead atoms. The van der Waals surface area contributed by atoms with Crippen molar-refractivity contribution < 1.29 is 4.79 Å². The maximum atomic E-state index is 11.3. The summed E-state index contributed by atoms with van der Waals surface area (Å²) in [5.74, 6) is -0.00509. The second-order valence-corrected chi connectivity index (χ2v) is 4.31. The zero-order valence-corrected chi connectivity index (χ0v) is 9.77. The Hall–Kier alpha value is -2.16. The number of ketones is 1. The molecule has 3 aromatic rings. The van der Waals surface area contributed by atoms with Crippen LogP contribution in [0.25, 0.3) is 16.6 Å². The molecule has 3 rings (SSSR count). The number of hydrogen-bond acceptors (Lipinski definition) is 2. The highest BCUT2D eigenvalue weighted by Gasteiger charge is 2.07. The summed E-state index contributed by atoms with van der Waals surface area (Å²) in [4.78, 5) is 15.6. The Kier molecular flexibility index (Phi) is 2.01. The summed E-state index contributed by atoms with van der Waals surface area (Å²) < 4.78 is 1.97. The fraction of sp³-hybridized carbons (Fsp3) is 0.143. The third-order valence-corrected chi connectivity index (χ3v) is 2.95. The number of rotatable bonds is 1. The van der Waals surface area contributed by atoms with Gasteiger partial charge in [-0.25, -0.2) is 4.98 Å². The van der Waals surface area contributed by atoms with E-state index in [0.29, 0.717) is 5.69 Å². The second kappa shape index (κ2) is 3.42. The molecule has 84 valence electrons. The minimum atomic E-state index is -0.00509. The zero-order chi connectivity index (χ0) is 12.0. The van der Waals surface area contributed by atoms with Gasteiger partial charge >= 0.3 is 0 Å². The molecule has 2 heterocycles. The van der Waals surface area contributed by atoms with E-state index in [2.05, 4.69) is 30.1 Å². The van der Waals surface area contributed by atoms with Crippen molar-refractivity contribution in [2.45, 2.75) is 13.8 Å². The molecule has 0 amide bonds. The molecule has 3 heteroatoms. The van der Waals surface area contributed by atoms with Gasteiger partial charge < -0.3 is 0 Å². The number of hydrogen-bond donors (Lipinski definition) is 0. The van der Waals surface area contributed by atoms with Crippen LogP contribution in [0.5, 0.6) is 0 Å². The van der Waals surface area contributed by atoms with Crippen LogP contribution in [0.1, 0.15) is 23.0 Å². The topological polar surface area (TPSA) is 34.4 Å². The lowest BCUT2D eigenvalue weighted by atomic mass is 10.1. The van der Waals surface area contributed by atoms with Crippen molar-refractivity contribution in [2.24, 2.45) is 0 Å². The van der Waals surface area contributed by atoms with Gasteiger partial charge in [-0.05, 0) is 36.1 Å². The number of aromatic nitrogens is 2. The molecule has 0 saturated carbocycles. The molecule has 0 unspecified atom stereocenters. The third-order valence-electron chi connectivity index (χ3n) is 2.95. The number of pyridine rings is 1. The van der Waals surface area contributed by atoms with E-state index >= 15 is 0 Å². The molecule has 0 saturated heterocycles. The summed E-state index contributed by atoms with van der Waals surface area (Å²) in [5, 5.41) is 1.15. The smallest absolute Gasteiger partial charge is 0.179 e. The Labute approximate surface area is 98.7 Å². The Bertz CT molecular complexity index is 740. The van der Waals surface area contributed by atoms with Crippen LogP contribution >= 0.6 is 0 Å². The van der Waals surface area contributed by atoms with Crippen LogP contribution in [0, 0.1) is 6.92 Å². The van der Waals surface area contributed by atoms with Crippen molar-refractivity contribution >= 4 is 22.3 Å². The number of carbonyl (C=O) groups excluding carboxylic acids is 1. The molecule has 0 aliphatic rings. The molecule has 17 heavy (non-hydrogen) atoms. The molecule has 1 aromatic carbocycles.